The van der Waals surface area contributed by atoms with Gasteiger partial charge in [-0.1, -0.05) is 184 Å². The van der Waals surface area contributed by atoms with Gasteiger partial charge in [0.05, 0.1) is 27.7 Å². The van der Waals surface area contributed by atoms with Crippen LogP contribution in [0.5, 0.6) is 0 Å². The van der Waals surface area contributed by atoms with Gasteiger partial charge in [0, 0.05) is 12.8 Å². The fourth-order valence-corrected chi connectivity index (χ4v) is 6.71. The molecule has 2 atom stereocenters. The fourth-order valence-electron chi connectivity index (χ4n) is 5.97. The number of unbranched alkanes of at least 4 members (excludes halogenated alkanes) is 21. The molecule has 9 nitrogen and oxygen atoms in total. The maximum atomic E-state index is 12.7. The van der Waals surface area contributed by atoms with Crippen LogP contribution >= 0.6 is 7.82 Å². The van der Waals surface area contributed by atoms with E-state index in [2.05, 4.69) is 32.1 Å². The minimum absolute atomic E-state index is 0.0260. The molecule has 0 spiro atoms. The number of esters is 2. The van der Waals surface area contributed by atoms with Gasteiger partial charge in [0.2, 0.25) is 0 Å². The third-order valence-corrected chi connectivity index (χ3v) is 10.5. The lowest BCUT2D eigenvalue weighted by atomic mass is 10.0. The summed E-state index contributed by atoms with van der Waals surface area (Å²) in [5.74, 6) is -0.823. The molecule has 10 heteroatoms. The predicted molar refractivity (Wildman–Crippen MR) is 233 cm³/mol. The van der Waals surface area contributed by atoms with Gasteiger partial charge in [0.25, 0.3) is 0 Å². The molecule has 0 aliphatic carbocycles. The van der Waals surface area contributed by atoms with Crippen LogP contribution < -0.4 is 0 Å². The Morgan fingerprint density at radius 1 is 0.571 bits per heavy atom. The number of phosphoric acid groups is 1. The number of carbonyl (C=O) groups is 2. The Bertz CT molecular complexity index is 1100. The van der Waals surface area contributed by atoms with E-state index in [0.29, 0.717) is 17.4 Å². The Morgan fingerprint density at radius 2 is 1.02 bits per heavy atom. The Morgan fingerprint density at radius 3 is 1.52 bits per heavy atom. The fraction of sp³-hybridized carbons (Fsp3) is 0.783. The molecule has 326 valence electrons. The van der Waals surface area contributed by atoms with Crippen molar-refractivity contribution < 1.29 is 42.1 Å². The summed E-state index contributed by atoms with van der Waals surface area (Å²) in [6.07, 6.45) is 44.4. The predicted octanol–water partition coefficient (Wildman–Crippen LogP) is 12.7. The van der Waals surface area contributed by atoms with Crippen molar-refractivity contribution in [1.29, 1.82) is 0 Å². The Labute approximate surface area is 343 Å². The van der Waals surface area contributed by atoms with Crippen molar-refractivity contribution in [2.45, 2.75) is 187 Å². The van der Waals surface area contributed by atoms with E-state index >= 15 is 0 Å². The van der Waals surface area contributed by atoms with Crippen LogP contribution in [0.4, 0.5) is 0 Å². The molecular weight excluding hydrogens is 725 g/mol. The van der Waals surface area contributed by atoms with Crippen LogP contribution in [0.3, 0.4) is 0 Å². The molecule has 0 heterocycles. The monoisotopic (exact) mass is 811 g/mol. The molecule has 1 unspecified atom stereocenters. The molecule has 0 amide bonds. The molecular formula is C46H85NO8P+. The number of nitrogens with zero attached hydrogens (tertiary/aromatic N) is 1. The highest BCUT2D eigenvalue weighted by molar-refractivity contribution is 7.47. The molecule has 0 fully saturated rings. The van der Waals surface area contributed by atoms with Gasteiger partial charge in [-0.15, -0.1) is 0 Å². The second-order valence-corrected chi connectivity index (χ2v) is 17.6. The van der Waals surface area contributed by atoms with Gasteiger partial charge in [-0.2, -0.15) is 0 Å². The van der Waals surface area contributed by atoms with Gasteiger partial charge >= 0.3 is 19.8 Å². The standard InChI is InChI=1S/C46H84NO8P/c1-6-8-10-12-14-16-18-20-22-23-25-26-28-30-32-34-36-38-45(48)52-42-44(43-54-56(50,51)53-41-40-47(3,4)5)55-46(49)39-37-35-33-31-29-27-24-21-19-17-15-13-11-9-7-2/h9,11,13,15,17,19,21,24,44H,6-8,10,12,14,16,18,20,22-23,25-43H2,1-5H3/p+1/b11-9+,15-13+,19-17+,24-21+/t44-/m1/s1. The molecule has 0 aromatic carbocycles. The summed E-state index contributed by atoms with van der Waals surface area (Å²) in [6, 6.07) is 0. The zero-order valence-corrected chi connectivity index (χ0v) is 37.5. The molecule has 0 aliphatic heterocycles. The number of phosphoric ester groups is 1. The van der Waals surface area contributed by atoms with Gasteiger partial charge in [-0.25, -0.2) is 4.57 Å². The number of likely N-dealkylation sites (N-methyl/N-ethyl adjacent to an activating group) is 1. The SMILES string of the molecule is CC/C=C/C=C/C=C/C=C/CCCCCCCC(=O)O[C@H](COC(=O)CCCCCCCCCCCCCCCCCCC)COP(=O)(O)OCC[N+](C)(C)C. The van der Waals surface area contributed by atoms with Gasteiger partial charge in [0.15, 0.2) is 6.10 Å². The number of carbonyl (C=O) groups excluding carboxylic acids is 2. The zero-order valence-electron chi connectivity index (χ0n) is 36.6. The molecule has 0 aromatic rings. The smallest absolute Gasteiger partial charge is 0.462 e. The molecule has 0 aliphatic rings. The van der Waals surface area contributed by atoms with Crippen LogP contribution in [0, 0.1) is 0 Å². The van der Waals surface area contributed by atoms with Crippen LogP contribution in [0.15, 0.2) is 48.6 Å². The largest absolute Gasteiger partial charge is 0.472 e. The number of hydrogen-bond donors (Lipinski definition) is 1. The van der Waals surface area contributed by atoms with E-state index in [0.717, 1.165) is 57.8 Å². The number of allylic oxidation sites excluding steroid dienone is 8. The van der Waals surface area contributed by atoms with Crippen LogP contribution in [-0.4, -0.2) is 74.9 Å². The first-order valence-electron chi connectivity index (χ1n) is 22.4. The van der Waals surface area contributed by atoms with Crippen molar-refractivity contribution in [2.75, 3.05) is 47.5 Å². The summed E-state index contributed by atoms with van der Waals surface area (Å²) in [5, 5.41) is 0. The summed E-state index contributed by atoms with van der Waals surface area (Å²) in [6.45, 7) is 4.26. The summed E-state index contributed by atoms with van der Waals surface area (Å²) >= 11 is 0. The van der Waals surface area contributed by atoms with Crippen molar-refractivity contribution >= 4 is 19.8 Å². The lowest BCUT2D eigenvalue weighted by Gasteiger charge is -2.24. The van der Waals surface area contributed by atoms with E-state index < -0.39 is 26.5 Å². The van der Waals surface area contributed by atoms with E-state index in [1.54, 1.807) is 0 Å². The first-order valence-corrected chi connectivity index (χ1v) is 23.9. The lowest BCUT2D eigenvalue weighted by Crippen LogP contribution is -2.37. The molecule has 0 aromatic heterocycles. The summed E-state index contributed by atoms with van der Waals surface area (Å²) in [4.78, 5) is 35.4. The normalized spacial score (nSPS) is 14.0. The summed E-state index contributed by atoms with van der Waals surface area (Å²) < 4.78 is 34.3. The summed E-state index contributed by atoms with van der Waals surface area (Å²) in [5.41, 5.74) is 0. The molecule has 0 rings (SSSR count). The topological polar surface area (TPSA) is 108 Å². The number of rotatable bonds is 40. The van der Waals surface area contributed by atoms with Crippen molar-refractivity contribution in [3.8, 4) is 0 Å². The Balaban J connectivity index is 4.36. The van der Waals surface area contributed by atoms with Crippen LogP contribution in [0.25, 0.3) is 0 Å². The first kappa shape index (κ1) is 54.0. The number of hydrogen-bond acceptors (Lipinski definition) is 7. The van der Waals surface area contributed by atoms with E-state index in [1.807, 2.05) is 51.5 Å². The second kappa shape index (κ2) is 38.5. The Hall–Kier alpha value is -2.03. The number of quaternary nitrogens is 1. The van der Waals surface area contributed by atoms with Gasteiger partial charge < -0.3 is 18.9 Å². The quantitative estimate of drug-likeness (QED) is 0.0214. The number of ether oxygens (including phenoxy) is 2. The molecule has 1 N–H and O–H groups in total. The van der Waals surface area contributed by atoms with E-state index in [4.69, 9.17) is 18.5 Å². The zero-order chi connectivity index (χ0) is 41.4. The van der Waals surface area contributed by atoms with Crippen LogP contribution in [0.1, 0.15) is 181 Å². The van der Waals surface area contributed by atoms with Gasteiger partial charge in [-0.3, -0.25) is 18.6 Å². The lowest BCUT2D eigenvalue weighted by molar-refractivity contribution is -0.870. The molecule has 56 heavy (non-hydrogen) atoms. The third-order valence-electron chi connectivity index (χ3n) is 9.47. The molecule has 0 radical (unpaired) electrons. The van der Waals surface area contributed by atoms with Crippen molar-refractivity contribution in [3.05, 3.63) is 48.6 Å². The van der Waals surface area contributed by atoms with E-state index in [1.165, 1.54) is 89.9 Å². The minimum Gasteiger partial charge on any atom is -0.462 e. The highest BCUT2D eigenvalue weighted by Gasteiger charge is 2.27. The van der Waals surface area contributed by atoms with Gasteiger partial charge in [0.1, 0.15) is 19.8 Å². The van der Waals surface area contributed by atoms with E-state index in [-0.39, 0.29) is 32.0 Å². The maximum Gasteiger partial charge on any atom is 0.472 e. The first-order chi connectivity index (χ1) is 27.0. The minimum atomic E-state index is -4.38. The highest BCUT2D eigenvalue weighted by atomic mass is 31.2. The molecule has 0 saturated carbocycles. The van der Waals surface area contributed by atoms with Crippen LogP contribution in [0.2, 0.25) is 0 Å². The Kier molecular flexibility index (Phi) is 37.1. The van der Waals surface area contributed by atoms with Gasteiger partial charge in [-0.05, 0) is 32.1 Å². The summed E-state index contributed by atoms with van der Waals surface area (Å²) in [7, 11) is 1.46. The van der Waals surface area contributed by atoms with Crippen LogP contribution in [-0.2, 0) is 32.7 Å². The molecule has 0 bridgehead atoms. The molecule has 0 saturated heterocycles. The highest BCUT2D eigenvalue weighted by Crippen LogP contribution is 2.43. The van der Waals surface area contributed by atoms with Crippen molar-refractivity contribution in [1.82, 2.24) is 0 Å². The van der Waals surface area contributed by atoms with Crippen molar-refractivity contribution in [2.24, 2.45) is 0 Å². The average Bonchev–Trinajstić information content (AvgIpc) is 3.15. The average molecular weight is 811 g/mol. The third kappa shape index (κ3) is 41.6. The van der Waals surface area contributed by atoms with Crippen molar-refractivity contribution in [3.63, 3.8) is 0 Å². The van der Waals surface area contributed by atoms with E-state index in [9.17, 15) is 19.0 Å². The maximum absolute atomic E-state index is 12.7. The second-order valence-electron chi connectivity index (χ2n) is 16.2.